The number of furan rings is 1. The summed E-state index contributed by atoms with van der Waals surface area (Å²) in [6.07, 6.45) is 6.97. The maximum atomic E-state index is 15.0. The molecule has 1 heterocycles. The Hall–Kier alpha value is -4.64. The van der Waals surface area contributed by atoms with Gasteiger partial charge in [-0.3, -0.25) is 9.59 Å². The largest absolute Gasteiger partial charge is 0.464 e. The van der Waals surface area contributed by atoms with Crippen LogP contribution in [-0.4, -0.2) is 22.8 Å². The van der Waals surface area contributed by atoms with Crippen LogP contribution in [0.15, 0.2) is 114 Å². The first-order valence-electron chi connectivity index (χ1n) is 15.3. The van der Waals surface area contributed by atoms with E-state index in [4.69, 9.17) is 10.2 Å². The average molecular weight is 569 g/mol. The van der Waals surface area contributed by atoms with Gasteiger partial charge in [0.05, 0.1) is 12.7 Å². The van der Waals surface area contributed by atoms with Crippen molar-refractivity contribution in [3.63, 3.8) is 0 Å². The van der Waals surface area contributed by atoms with Gasteiger partial charge < -0.3 is 15.1 Å². The summed E-state index contributed by atoms with van der Waals surface area (Å²) in [7, 11) is 0. The van der Waals surface area contributed by atoms with Gasteiger partial charge in [0.1, 0.15) is 11.1 Å². The Morgan fingerprint density at radius 3 is 1.88 bits per heavy atom. The molecule has 2 aliphatic rings. The lowest BCUT2D eigenvalue weighted by molar-refractivity contribution is -0.142. The van der Waals surface area contributed by atoms with Crippen LogP contribution in [0.4, 0.5) is 0 Å². The maximum Gasteiger partial charge on any atom is 0.224 e. The molecule has 0 aliphatic heterocycles. The van der Waals surface area contributed by atoms with E-state index in [-0.39, 0.29) is 30.2 Å². The SMILES string of the molecule is NC(=O)Cc1ccc2occ3c2c1CC(CC(=O)N(C1CCC1)C(c1ccccc1)(c1ccccc1)c1ccccc1)C3. The second-order valence-electron chi connectivity index (χ2n) is 12.1. The Labute approximate surface area is 252 Å². The van der Waals surface area contributed by atoms with E-state index in [0.717, 1.165) is 70.0 Å². The highest BCUT2D eigenvalue weighted by Gasteiger charge is 2.49. The normalized spacial score (nSPS) is 16.5. The summed E-state index contributed by atoms with van der Waals surface area (Å²) in [6, 6.07) is 35.5. The third-order valence-corrected chi connectivity index (χ3v) is 9.49. The summed E-state index contributed by atoms with van der Waals surface area (Å²) in [4.78, 5) is 29.2. The van der Waals surface area contributed by atoms with E-state index >= 15 is 0 Å². The summed E-state index contributed by atoms with van der Waals surface area (Å²) in [6.45, 7) is 0. The summed E-state index contributed by atoms with van der Waals surface area (Å²) in [5.74, 6) is -0.118. The van der Waals surface area contributed by atoms with Gasteiger partial charge in [-0.05, 0) is 77.5 Å². The van der Waals surface area contributed by atoms with Crippen LogP contribution in [0.25, 0.3) is 11.0 Å². The molecule has 2 N–H and O–H groups in total. The van der Waals surface area contributed by atoms with Gasteiger partial charge in [-0.25, -0.2) is 0 Å². The Morgan fingerprint density at radius 1 is 0.791 bits per heavy atom. The Morgan fingerprint density at radius 2 is 1.37 bits per heavy atom. The monoisotopic (exact) mass is 568 g/mol. The molecule has 1 fully saturated rings. The molecule has 5 aromatic rings. The van der Waals surface area contributed by atoms with E-state index in [0.29, 0.717) is 12.8 Å². The predicted molar refractivity (Wildman–Crippen MR) is 168 cm³/mol. The molecule has 1 aromatic heterocycles. The molecule has 2 amide bonds. The minimum atomic E-state index is -0.779. The van der Waals surface area contributed by atoms with Crippen LogP contribution in [-0.2, 0) is 34.4 Å². The fourth-order valence-corrected chi connectivity index (χ4v) is 7.48. The second-order valence-corrected chi connectivity index (χ2v) is 12.1. The lowest BCUT2D eigenvalue weighted by atomic mass is 9.72. The summed E-state index contributed by atoms with van der Waals surface area (Å²) in [5.41, 5.74) is 12.1. The molecular formula is C38H36N2O3. The van der Waals surface area contributed by atoms with Gasteiger partial charge in [0.15, 0.2) is 0 Å². The van der Waals surface area contributed by atoms with Crippen LogP contribution in [0.1, 0.15) is 59.1 Å². The number of nitrogens with two attached hydrogens (primary N) is 1. The fourth-order valence-electron chi connectivity index (χ4n) is 7.48. The van der Waals surface area contributed by atoms with Crippen molar-refractivity contribution in [1.29, 1.82) is 0 Å². The van der Waals surface area contributed by atoms with Gasteiger partial charge in [0.25, 0.3) is 0 Å². The fraction of sp³-hybridized carbons (Fsp3) is 0.263. The Balaban J connectivity index is 1.33. The number of primary amides is 1. The number of amides is 2. The summed E-state index contributed by atoms with van der Waals surface area (Å²) >= 11 is 0. The zero-order valence-corrected chi connectivity index (χ0v) is 24.2. The van der Waals surface area contributed by atoms with Crippen LogP contribution >= 0.6 is 0 Å². The van der Waals surface area contributed by atoms with E-state index in [1.807, 2.05) is 36.6 Å². The van der Waals surface area contributed by atoms with E-state index in [1.165, 1.54) is 0 Å². The molecule has 216 valence electrons. The molecular weight excluding hydrogens is 532 g/mol. The van der Waals surface area contributed by atoms with Gasteiger partial charge in [0, 0.05) is 17.8 Å². The highest BCUT2D eigenvalue weighted by molar-refractivity contribution is 5.89. The van der Waals surface area contributed by atoms with Crippen LogP contribution < -0.4 is 5.73 Å². The minimum absolute atomic E-state index is 0.0809. The molecule has 43 heavy (non-hydrogen) atoms. The van der Waals surface area contributed by atoms with E-state index < -0.39 is 5.54 Å². The van der Waals surface area contributed by atoms with Crippen LogP contribution in [0.2, 0.25) is 0 Å². The first kappa shape index (κ1) is 27.2. The highest BCUT2D eigenvalue weighted by atomic mass is 16.3. The van der Waals surface area contributed by atoms with Crippen LogP contribution in [0, 0.1) is 5.92 Å². The van der Waals surface area contributed by atoms with Crippen molar-refractivity contribution in [3.8, 4) is 0 Å². The van der Waals surface area contributed by atoms with Crippen molar-refractivity contribution in [1.82, 2.24) is 4.90 Å². The van der Waals surface area contributed by atoms with E-state index in [1.54, 1.807) is 0 Å². The van der Waals surface area contributed by atoms with E-state index in [9.17, 15) is 9.59 Å². The number of carbonyl (C=O) groups is 2. The smallest absolute Gasteiger partial charge is 0.224 e. The summed E-state index contributed by atoms with van der Waals surface area (Å²) < 4.78 is 5.90. The molecule has 0 saturated heterocycles. The lowest BCUT2D eigenvalue weighted by Crippen LogP contribution is -2.58. The molecule has 4 aromatic carbocycles. The van der Waals surface area contributed by atoms with Crippen molar-refractivity contribution in [2.24, 2.45) is 11.7 Å². The Kier molecular flexibility index (Phi) is 7.10. The zero-order chi connectivity index (χ0) is 29.4. The van der Waals surface area contributed by atoms with Crippen molar-refractivity contribution >= 4 is 22.8 Å². The number of benzene rings is 4. The van der Waals surface area contributed by atoms with E-state index in [2.05, 4.69) is 77.7 Å². The molecule has 1 unspecified atom stereocenters. The Bertz CT molecular complexity index is 1660. The topological polar surface area (TPSA) is 76.5 Å². The third-order valence-electron chi connectivity index (χ3n) is 9.49. The van der Waals surface area contributed by atoms with Gasteiger partial charge in [0.2, 0.25) is 11.8 Å². The van der Waals surface area contributed by atoms with Crippen molar-refractivity contribution < 1.29 is 14.0 Å². The summed E-state index contributed by atoms with van der Waals surface area (Å²) in [5, 5.41) is 1.09. The highest BCUT2D eigenvalue weighted by Crippen LogP contribution is 2.47. The molecule has 1 saturated carbocycles. The molecule has 1 atom stereocenters. The first-order chi connectivity index (χ1) is 21.1. The van der Waals surface area contributed by atoms with Crippen molar-refractivity contribution in [2.75, 3.05) is 0 Å². The van der Waals surface area contributed by atoms with Gasteiger partial charge in [-0.2, -0.15) is 0 Å². The van der Waals surface area contributed by atoms with Crippen LogP contribution in [0.3, 0.4) is 0 Å². The molecule has 5 nitrogen and oxygen atoms in total. The predicted octanol–water partition coefficient (Wildman–Crippen LogP) is 6.94. The lowest BCUT2D eigenvalue weighted by Gasteiger charge is -2.52. The number of hydrogen-bond donors (Lipinski definition) is 1. The molecule has 2 aliphatic carbocycles. The minimum Gasteiger partial charge on any atom is -0.464 e. The second kappa shape index (κ2) is 11.2. The van der Waals surface area contributed by atoms with Crippen molar-refractivity contribution in [2.45, 2.75) is 56.5 Å². The molecule has 0 radical (unpaired) electrons. The average Bonchev–Trinajstić information content (AvgIpc) is 3.42. The molecule has 7 rings (SSSR count). The van der Waals surface area contributed by atoms with Gasteiger partial charge >= 0.3 is 0 Å². The van der Waals surface area contributed by atoms with Crippen LogP contribution in [0.5, 0.6) is 0 Å². The number of rotatable bonds is 9. The molecule has 5 heteroatoms. The quantitative estimate of drug-likeness (QED) is 0.196. The standard InChI is InChI=1S/C38H36N2O3/c39-35(41)24-27-19-20-34-37-28(25-43-34)21-26(22-33(27)37)23-36(42)40(32-17-10-18-32)38(29-11-4-1-5-12-29,30-13-6-2-7-14-30)31-15-8-3-9-16-31/h1-9,11-16,19-20,25-26,32H,10,17-18,21-24H2,(H2,39,41). The molecule has 0 bridgehead atoms. The number of carbonyl (C=O) groups excluding carboxylic acids is 2. The van der Waals surface area contributed by atoms with Gasteiger partial charge in [-0.1, -0.05) is 97.1 Å². The van der Waals surface area contributed by atoms with Crippen molar-refractivity contribution in [3.05, 3.63) is 143 Å². The first-order valence-corrected chi connectivity index (χ1v) is 15.3. The maximum absolute atomic E-state index is 15.0. The number of hydrogen-bond acceptors (Lipinski definition) is 3. The zero-order valence-electron chi connectivity index (χ0n) is 24.2. The third kappa shape index (κ3) is 4.73. The number of nitrogens with zero attached hydrogens (tertiary/aromatic N) is 1. The van der Waals surface area contributed by atoms with Gasteiger partial charge in [-0.15, -0.1) is 0 Å². The molecule has 0 spiro atoms.